The van der Waals surface area contributed by atoms with E-state index in [0.29, 0.717) is 4.47 Å². The molecule has 1 aromatic carbocycles. The second-order valence-corrected chi connectivity index (χ2v) is 7.71. The molecule has 0 radical (unpaired) electrons. The van der Waals surface area contributed by atoms with Crippen molar-refractivity contribution in [3.63, 3.8) is 0 Å². The topological polar surface area (TPSA) is 66.8 Å². The molecule has 1 aliphatic rings. The van der Waals surface area contributed by atoms with E-state index in [4.69, 9.17) is 9.84 Å². The normalized spacial score (nSPS) is 24.8. The van der Waals surface area contributed by atoms with E-state index in [-0.39, 0.29) is 30.7 Å². The predicted molar refractivity (Wildman–Crippen MR) is 79.1 cm³/mol. The standard InChI is InChI=1S/C13H18BrNO4S/c1-9-3-4-13(12(14)5-9)20(17,18)15-6-11(7-16)19-8-10(15)2/h3-5,10-11,16H,6-8H2,1-2H3. The molecule has 0 amide bonds. The summed E-state index contributed by atoms with van der Waals surface area (Å²) in [5, 5.41) is 9.17. The van der Waals surface area contributed by atoms with Crippen molar-refractivity contribution in [1.29, 1.82) is 0 Å². The van der Waals surface area contributed by atoms with Crippen molar-refractivity contribution >= 4 is 26.0 Å². The van der Waals surface area contributed by atoms with Crippen LogP contribution in [0.5, 0.6) is 0 Å². The Hall–Kier alpha value is -0.470. The molecular weight excluding hydrogens is 346 g/mol. The highest BCUT2D eigenvalue weighted by Gasteiger charge is 2.36. The SMILES string of the molecule is Cc1ccc(S(=O)(=O)N2CC(CO)OCC2C)c(Br)c1. The zero-order chi connectivity index (χ0) is 14.9. The van der Waals surface area contributed by atoms with Crippen molar-refractivity contribution in [2.45, 2.75) is 30.9 Å². The van der Waals surface area contributed by atoms with Crippen LogP contribution in [-0.2, 0) is 14.8 Å². The highest BCUT2D eigenvalue weighted by atomic mass is 79.9. The Morgan fingerprint density at radius 1 is 1.50 bits per heavy atom. The highest BCUT2D eigenvalue weighted by Crippen LogP contribution is 2.28. The van der Waals surface area contributed by atoms with Crippen LogP contribution in [0.3, 0.4) is 0 Å². The Kier molecular flexibility index (Phi) is 4.86. The van der Waals surface area contributed by atoms with Crippen LogP contribution in [0.15, 0.2) is 27.6 Å². The molecule has 1 N–H and O–H groups in total. The number of hydrogen-bond acceptors (Lipinski definition) is 4. The molecule has 5 nitrogen and oxygen atoms in total. The maximum atomic E-state index is 12.7. The van der Waals surface area contributed by atoms with Crippen molar-refractivity contribution in [1.82, 2.24) is 4.31 Å². The fourth-order valence-electron chi connectivity index (χ4n) is 2.18. The van der Waals surface area contributed by atoms with Gasteiger partial charge in [-0.2, -0.15) is 4.31 Å². The van der Waals surface area contributed by atoms with Gasteiger partial charge in [-0.15, -0.1) is 0 Å². The van der Waals surface area contributed by atoms with Crippen LogP contribution in [0.25, 0.3) is 0 Å². The number of ether oxygens (including phenoxy) is 1. The van der Waals surface area contributed by atoms with Crippen molar-refractivity contribution in [2.24, 2.45) is 0 Å². The number of morpholine rings is 1. The quantitative estimate of drug-likeness (QED) is 0.884. The van der Waals surface area contributed by atoms with Gasteiger partial charge in [-0.25, -0.2) is 8.42 Å². The number of sulfonamides is 1. The van der Waals surface area contributed by atoms with Crippen LogP contribution in [0.1, 0.15) is 12.5 Å². The summed E-state index contributed by atoms with van der Waals surface area (Å²) in [7, 11) is -3.61. The molecule has 0 saturated carbocycles. The number of benzene rings is 1. The van der Waals surface area contributed by atoms with Gasteiger partial charge in [0.1, 0.15) is 0 Å². The highest BCUT2D eigenvalue weighted by molar-refractivity contribution is 9.10. The van der Waals surface area contributed by atoms with E-state index in [0.717, 1.165) is 5.56 Å². The van der Waals surface area contributed by atoms with E-state index in [2.05, 4.69) is 15.9 Å². The third-order valence-corrected chi connectivity index (χ3v) is 6.28. The zero-order valence-corrected chi connectivity index (χ0v) is 13.8. The lowest BCUT2D eigenvalue weighted by atomic mass is 10.2. The van der Waals surface area contributed by atoms with Gasteiger partial charge in [0, 0.05) is 17.1 Å². The van der Waals surface area contributed by atoms with Crippen LogP contribution in [-0.4, -0.2) is 49.7 Å². The molecule has 1 aliphatic heterocycles. The van der Waals surface area contributed by atoms with E-state index in [1.807, 2.05) is 6.92 Å². The number of hydrogen-bond donors (Lipinski definition) is 1. The van der Waals surface area contributed by atoms with Gasteiger partial charge in [-0.3, -0.25) is 0 Å². The Morgan fingerprint density at radius 2 is 2.20 bits per heavy atom. The summed E-state index contributed by atoms with van der Waals surface area (Å²) in [5.41, 5.74) is 0.985. The van der Waals surface area contributed by atoms with E-state index in [1.165, 1.54) is 4.31 Å². The fraction of sp³-hybridized carbons (Fsp3) is 0.538. The van der Waals surface area contributed by atoms with E-state index < -0.39 is 16.1 Å². The second-order valence-electron chi connectivity index (χ2n) is 5.00. The second kappa shape index (κ2) is 6.11. The molecule has 1 fully saturated rings. The Labute approximate surface area is 127 Å². The molecular formula is C13H18BrNO4S. The average molecular weight is 364 g/mol. The first-order valence-corrected chi connectivity index (χ1v) is 8.60. The van der Waals surface area contributed by atoms with E-state index in [9.17, 15) is 8.42 Å². The molecule has 2 rings (SSSR count). The monoisotopic (exact) mass is 363 g/mol. The minimum Gasteiger partial charge on any atom is -0.394 e. The minimum absolute atomic E-state index is 0.167. The van der Waals surface area contributed by atoms with Gasteiger partial charge in [0.15, 0.2) is 0 Å². The molecule has 2 unspecified atom stereocenters. The molecule has 2 atom stereocenters. The van der Waals surface area contributed by atoms with Crippen molar-refractivity contribution in [3.8, 4) is 0 Å². The van der Waals surface area contributed by atoms with Gasteiger partial charge in [-0.1, -0.05) is 6.07 Å². The van der Waals surface area contributed by atoms with E-state index in [1.54, 1.807) is 25.1 Å². The smallest absolute Gasteiger partial charge is 0.244 e. The van der Waals surface area contributed by atoms with Crippen LogP contribution < -0.4 is 0 Å². The van der Waals surface area contributed by atoms with Crippen molar-refractivity contribution in [3.05, 3.63) is 28.2 Å². The van der Waals surface area contributed by atoms with Gasteiger partial charge in [0.25, 0.3) is 0 Å². The fourth-order valence-corrected chi connectivity index (χ4v) is 4.98. The summed E-state index contributed by atoms with van der Waals surface area (Å²) in [4.78, 5) is 0.244. The molecule has 7 heteroatoms. The lowest BCUT2D eigenvalue weighted by Crippen LogP contribution is -2.51. The van der Waals surface area contributed by atoms with E-state index >= 15 is 0 Å². The van der Waals surface area contributed by atoms with Crippen molar-refractivity contribution < 1.29 is 18.3 Å². The van der Waals surface area contributed by atoms with Crippen LogP contribution in [0, 0.1) is 6.92 Å². The van der Waals surface area contributed by atoms with Gasteiger partial charge in [0.2, 0.25) is 10.0 Å². The Bertz CT molecular complexity index is 590. The lowest BCUT2D eigenvalue weighted by Gasteiger charge is -2.36. The Balaban J connectivity index is 2.38. The number of halogens is 1. The largest absolute Gasteiger partial charge is 0.394 e. The molecule has 112 valence electrons. The number of nitrogens with zero attached hydrogens (tertiary/aromatic N) is 1. The maximum absolute atomic E-state index is 12.7. The predicted octanol–water partition coefficient (Wildman–Crippen LogP) is 1.53. The molecule has 0 aromatic heterocycles. The summed E-state index contributed by atoms with van der Waals surface area (Å²) >= 11 is 3.32. The first kappa shape index (κ1) is 15.9. The van der Waals surface area contributed by atoms with Crippen LogP contribution in [0.4, 0.5) is 0 Å². The van der Waals surface area contributed by atoms with Crippen molar-refractivity contribution in [2.75, 3.05) is 19.8 Å². The summed E-state index contributed by atoms with van der Waals surface area (Å²) in [6.07, 6.45) is -0.467. The third kappa shape index (κ3) is 3.07. The summed E-state index contributed by atoms with van der Waals surface area (Å²) in [5.74, 6) is 0. The summed E-state index contributed by atoms with van der Waals surface area (Å²) in [6, 6.07) is 4.90. The summed E-state index contributed by atoms with van der Waals surface area (Å²) < 4.78 is 32.8. The molecule has 1 heterocycles. The lowest BCUT2D eigenvalue weighted by molar-refractivity contribution is -0.0516. The minimum atomic E-state index is -3.61. The first-order valence-electron chi connectivity index (χ1n) is 6.36. The average Bonchev–Trinajstić information content (AvgIpc) is 2.38. The molecule has 1 aromatic rings. The first-order chi connectivity index (χ1) is 9.36. The van der Waals surface area contributed by atoms with Gasteiger partial charge < -0.3 is 9.84 Å². The van der Waals surface area contributed by atoms with Gasteiger partial charge in [0.05, 0.1) is 24.2 Å². The molecule has 1 saturated heterocycles. The molecule has 0 aliphatic carbocycles. The molecule has 0 spiro atoms. The number of aliphatic hydroxyl groups is 1. The van der Waals surface area contributed by atoms with Crippen LogP contribution in [0.2, 0.25) is 0 Å². The molecule has 0 bridgehead atoms. The van der Waals surface area contributed by atoms with Gasteiger partial charge >= 0.3 is 0 Å². The maximum Gasteiger partial charge on any atom is 0.244 e. The zero-order valence-electron chi connectivity index (χ0n) is 11.4. The number of aryl methyl sites for hydroxylation is 1. The van der Waals surface area contributed by atoms with Gasteiger partial charge in [-0.05, 0) is 47.5 Å². The molecule has 20 heavy (non-hydrogen) atoms. The number of aliphatic hydroxyl groups excluding tert-OH is 1. The number of rotatable bonds is 3. The van der Waals surface area contributed by atoms with Crippen LogP contribution >= 0.6 is 15.9 Å². The summed E-state index contributed by atoms with van der Waals surface area (Å²) in [6.45, 7) is 3.97. The third-order valence-electron chi connectivity index (χ3n) is 3.33. The Morgan fingerprint density at radius 3 is 2.80 bits per heavy atom.